The first-order valence-corrected chi connectivity index (χ1v) is 7.00. The van der Waals surface area contributed by atoms with E-state index in [-0.39, 0.29) is 6.10 Å². The Hall–Kier alpha value is -1.75. The highest BCUT2D eigenvalue weighted by atomic mass is 16.5. The Balaban J connectivity index is 2.29. The van der Waals surface area contributed by atoms with Crippen LogP contribution in [0.3, 0.4) is 0 Å². The van der Waals surface area contributed by atoms with Gasteiger partial charge < -0.3 is 4.74 Å². The van der Waals surface area contributed by atoms with Crippen molar-refractivity contribution in [1.29, 1.82) is 0 Å². The van der Waals surface area contributed by atoms with Crippen LogP contribution in [0.15, 0.2) is 30.3 Å². The molecule has 1 aromatic rings. The molecule has 0 bridgehead atoms. The van der Waals surface area contributed by atoms with Crippen molar-refractivity contribution in [1.82, 2.24) is 0 Å². The van der Waals surface area contributed by atoms with E-state index in [4.69, 9.17) is 4.74 Å². The molecule has 2 heteroatoms. The summed E-state index contributed by atoms with van der Waals surface area (Å²) < 4.78 is 5.24. The topological polar surface area (TPSA) is 26.3 Å². The Morgan fingerprint density at radius 3 is 2.63 bits per heavy atom. The maximum Gasteiger partial charge on any atom is 0.384 e. The SMILES string of the molecule is CCCCCCC(C)OC(=O)C#Cc1ccccc1. The van der Waals surface area contributed by atoms with Gasteiger partial charge >= 0.3 is 5.97 Å². The molecule has 0 saturated heterocycles. The second-order valence-corrected chi connectivity index (χ2v) is 4.68. The fraction of sp³-hybridized carbons (Fsp3) is 0.471. The molecular weight excluding hydrogens is 236 g/mol. The van der Waals surface area contributed by atoms with Gasteiger partial charge in [0, 0.05) is 11.5 Å². The van der Waals surface area contributed by atoms with Crippen molar-refractivity contribution < 1.29 is 9.53 Å². The second kappa shape index (κ2) is 9.22. The van der Waals surface area contributed by atoms with E-state index in [1.54, 1.807) is 0 Å². The highest BCUT2D eigenvalue weighted by Gasteiger charge is 2.06. The minimum Gasteiger partial charge on any atom is -0.453 e. The van der Waals surface area contributed by atoms with Crippen LogP contribution in [0.4, 0.5) is 0 Å². The van der Waals surface area contributed by atoms with Crippen molar-refractivity contribution in [2.75, 3.05) is 0 Å². The number of esters is 1. The molecule has 0 radical (unpaired) electrons. The number of rotatable bonds is 6. The number of ether oxygens (including phenoxy) is 1. The van der Waals surface area contributed by atoms with Crippen LogP contribution in [-0.2, 0) is 9.53 Å². The van der Waals surface area contributed by atoms with Crippen LogP contribution < -0.4 is 0 Å². The fourth-order valence-electron chi connectivity index (χ4n) is 1.77. The third kappa shape index (κ3) is 7.31. The van der Waals surface area contributed by atoms with Crippen molar-refractivity contribution >= 4 is 5.97 Å². The van der Waals surface area contributed by atoms with Crippen molar-refractivity contribution in [3.8, 4) is 11.8 Å². The van der Waals surface area contributed by atoms with Gasteiger partial charge in [0.15, 0.2) is 0 Å². The molecule has 1 unspecified atom stereocenters. The lowest BCUT2D eigenvalue weighted by molar-refractivity contribution is -0.141. The molecule has 2 nitrogen and oxygen atoms in total. The van der Waals surface area contributed by atoms with Gasteiger partial charge in [-0.25, -0.2) is 4.79 Å². The summed E-state index contributed by atoms with van der Waals surface area (Å²) in [5.74, 6) is 4.88. The molecule has 1 atom stereocenters. The molecule has 19 heavy (non-hydrogen) atoms. The van der Waals surface area contributed by atoms with E-state index in [0.29, 0.717) is 0 Å². The first-order valence-electron chi connectivity index (χ1n) is 7.00. The second-order valence-electron chi connectivity index (χ2n) is 4.68. The van der Waals surface area contributed by atoms with E-state index in [0.717, 1.165) is 18.4 Å². The summed E-state index contributed by atoms with van der Waals surface area (Å²) in [5.41, 5.74) is 0.829. The zero-order chi connectivity index (χ0) is 13.9. The highest BCUT2D eigenvalue weighted by Crippen LogP contribution is 2.07. The van der Waals surface area contributed by atoms with Gasteiger partial charge in [-0.1, -0.05) is 50.3 Å². The van der Waals surface area contributed by atoms with Gasteiger partial charge in [-0.05, 0) is 31.9 Å². The minimum absolute atomic E-state index is 0.0468. The van der Waals surface area contributed by atoms with Crippen LogP contribution in [0.2, 0.25) is 0 Å². The van der Waals surface area contributed by atoms with E-state index in [9.17, 15) is 4.79 Å². The molecule has 0 N–H and O–H groups in total. The molecule has 0 aliphatic rings. The van der Waals surface area contributed by atoms with Gasteiger partial charge in [0.1, 0.15) is 6.10 Å². The summed E-state index contributed by atoms with van der Waals surface area (Å²) in [4.78, 5) is 11.5. The summed E-state index contributed by atoms with van der Waals surface area (Å²) >= 11 is 0. The largest absolute Gasteiger partial charge is 0.453 e. The average Bonchev–Trinajstić information content (AvgIpc) is 2.42. The molecule has 0 aromatic heterocycles. The number of carbonyl (C=O) groups excluding carboxylic acids is 1. The van der Waals surface area contributed by atoms with Crippen LogP contribution in [0.25, 0.3) is 0 Å². The van der Waals surface area contributed by atoms with Gasteiger partial charge in [-0.2, -0.15) is 0 Å². The Kier molecular flexibility index (Phi) is 7.43. The molecular formula is C17H22O2. The van der Waals surface area contributed by atoms with Crippen LogP contribution in [-0.4, -0.2) is 12.1 Å². The van der Waals surface area contributed by atoms with Gasteiger partial charge in [0.25, 0.3) is 0 Å². The minimum atomic E-state index is -0.438. The van der Waals surface area contributed by atoms with Crippen molar-refractivity contribution in [3.05, 3.63) is 35.9 Å². The fourth-order valence-corrected chi connectivity index (χ4v) is 1.77. The van der Waals surface area contributed by atoms with Crippen LogP contribution in [0.1, 0.15) is 51.5 Å². The quantitative estimate of drug-likeness (QED) is 0.439. The third-order valence-corrected chi connectivity index (χ3v) is 2.86. The predicted octanol–water partition coefficient (Wildman–Crippen LogP) is 3.94. The summed E-state index contributed by atoms with van der Waals surface area (Å²) in [7, 11) is 0. The van der Waals surface area contributed by atoms with E-state index in [1.807, 2.05) is 37.3 Å². The van der Waals surface area contributed by atoms with Crippen molar-refractivity contribution in [2.24, 2.45) is 0 Å². The van der Waals surface area contributed by atoms with Gasteiger partial charge in [0.05, 0.1) is 0 Å². The molecule has 0 aliphatic heterocycles. The maximum atomic E-state index is 11.5. The molecule has 0 heterocycles. The van der Waals surface area contributed by atoms with Crippen LogP contribution in [0, 0.1) is 11.8 Å². The molecule has 1 aromatic carbocycles. The van der Waals surface area contributed by atoms with Gasteiger partial charge in [-0.3, -0.25) is 0 Å². The van der Waals surface area contributed by atoms with Gasteiger partial charge in [0.2, 0.25) is 0 Å². The number of carbonyl (C=O) groups is 1. The monoisotopic (exact) mass is 258 g/mol. The van der Waals surface area contributed by atoms with Crippen molar-refractivity contribution in [2.45, 2.75) is 52.1 Å². The maximum absolute atomic E-state index is 11.5. The molecule has 0 aliphatic carbocycles. The molecule has 0 fully saturated rings. The normalized spacial score (nSPS) is 11.3. The Morgan fingerprint density at radius 1 is 1.21 bits per heavy atom. The first-order chi connectivity index (χ1) is 9.22. The average molecular weight is 258 g/mol. The number of hydrogen-bond donors (Lipinski definition) is 0. The van der Waals surface area contributed by atoms with Crippen molar-refractivity contribution in [3.63, 3.8) is 0 Å². The summed E-state index contributed by atoms with van der Waals surface area (Å²) in [6, 6.07) is 9.45. The number of benzene rings is 1. The summed E-state index contributed by atoms with van der Waals surface area (Å²) in [5, 5.41) is 0. The highest BCUT2D eigenvalue weighted by molar-refractivity contribution is 5.89. The smallest absolute Gasteiger partial charge is 0.384 e. The van der Waals surface area contributed by atoms with Gasteiger partial charge in [-0.15, -0.1) is 0 Å². The zero-order valence-corrected chi connectivity index (χ0v) is 11.8. The lowest BCUT2D eigenvalue weighted by atomic mass is 10.1. The van der Waals surface area contributed by atoms with E-state index in [1.165, 1.54) is 19.3 Å². The summed E-state index contributed by atoms with van der Waals surface area (Å²) in [6.45, 7) is 4.11. The predicted molar refractivity (Wildman–Crippen MR) is 77.6 cm³/mol. The summed E-state index contributed by atoms with van der Waals surface area (Å²) in [6.07, 6.45) is 5.64. The lowest BCUT2D eigenvalue weighted by Crippen LogP contribution is -2.13. The van der Waals surface area contributed by atoms with Crippen LogP contribution in [0.5, 0.6) is 0 Å². The third-order valence-electron chi connectivity index (χ3n) is 2.86. The Labute approximate surface area is 116 Å². The van der Waals surface area contributed by atoms with E-state index >= 15 is 0 Å². The molecule has 0 saturated carbocycles. The molecule has 1 rings (SSSR count). The standard InChI is InChI=1S/C17H22O2/c1-3-4-5-7-10-15(2)19-17(18)14-13-16-11-8-6-9-12-16/h6,8-9,11-12,15H,3-5,7,10H2,1-2H3. The Bertz CT molecular complexity index is 426. The van der Waals surface area contributed by atoms with E-state index in [2.05, 4.69) is 18.8 Å². The van der Waals surface area contributed by atoms with Crippen LogP contribution >= 0.6 is 0 Å². The zero-order valence-electron chi connectivity index (χ0n) is 11.8. The first kappa shape index (κ1) is 15.3. The number of unbranched alkanes of at least 4 members (excludes halogenated alkanes) is 3. The van der Waals surface area contributed by atoms with E-state index < -0.39 is 5.97 Å². The molecule has 0 spiro atoms. The molecule has 0 amide bonds. The Morgan fingerprint density at radius 2 is 1.95 bits per heavy atom. The molecule has 102 valence electrons. The lowest BCUT2D eigenvalue weighted by Gasteiger charge is -2.10. The number of hydrogen-bond acceptors (Lipinski definition) is 2.